The van der Waals surface area contributed by atoms with Gasteiger partial charge in [0.25, 0.3) is 16.6 Å². The van der Waals surface area contributed by atoms with E-state index in [9.17, 15) is 42.6 Å². The topological polar surface area (TPSA) is 263 Å². The lowest BCUT2D eigenvalue weighted by molar-refractivity contribution is -0.184. The van der Waals surface area contributed by atoms with Crippen molar-refractivity contribution in [2.75, 3.05) is 6.54 Å². The van der Waals surface area contributed by atoms with E-state index in [0.29, 0.717) is 16.7 Å². The lowest BCUT2D eigenvalue weighted by atomic mass is 9.84. The molecule has 2 aromatic rings. The summed E-state index contributed by atoms with van der Waals surface area (Å²) in [6.45, 7) is 4.29. The van der Waals surface area contributed by atoms with E-state index in [4.69, 9.17) is 21.9 Å². The van der Waals surface area contributed by atoms with Crippen molar-refractivity contribution >= 4 is 45.3 Å². The molecule has 242 valence electrons. The molecule has 3 atom stereocenters. The maximum atomic E-state index is 14.3. The number of nitrogens with zero attached hydrogens (tertiary/aromatic N) is 2. The summed E-state index contributed by atoms with van der Waals surface area (Å²) in [4.78, 5) is 69.6. The van der Waals surface area contributed by atoms with Crippen LogP contribution >= 0.6 is 0 Å². The number of β-lactam (4-membered cyclic amide) rings is 2. The Labute approximate surface area is 258 Å². The molecule has 1 aliphatic rings. The number of likely N-dealkylation sites (tertiary alicyclic amines) is 1. The first-order chi connectivity index (χ1) is 21.0. The number of hydrogen-bond donors (Lipinski definition) is 5. The number of carboxylic acids is 2. The van der Waals surface area contributed by atoms with E-state index in [1.165, 1.54) is 13.0 Å². The number of carbonyl (C=O) groups excluding carboxylic acids is 3. The van der Waals surface area contributed by atoms with Crippen LogP contribution < -0.4 is 17.2 Å². The summed E-state index contributed by atoms with van der Waals surface area (Å²) in [5, 5.41) is 19.9. The highest BCUT2D eigenvalue weighted by molar-refractivity contribution is 7.95. The van der Waals surface area contributed by atoms with E-state index >= 15 is 0 Å². The molecule has 15 nitrogen and oxygen atoms in total. The van der Waals surface area contributed by atoms with Gasteiger partial charge in [0.15, 0.2) is 23.9 Å². The van der Waals surface area contributed by atoms with Gasteiger partial charge < -0.3 is 32.2 Å². The number of Topliss-reactive ketones (excluding diaryl/α,β-unsaturated/α-hetero) is 1. The smallest absolute Gasteiger partial charge is 0.335 e. The van der Waals surface area contributed by atoms with Gasteiger partial charge in [0.1, 0.15) is 0 Å². The summed E-state index contributed by atoms with van der Waals surface area (Å²) in [5.74, 6) is -9.10. The van der Waals surface area contributed by atoms with E-state index in [2.05, 4.69) is 4.99 Å². The second-order valence-electron chi connectivity index (χ2n) is 10.6. The number of rotatable bonds is 15. The zero-order valence-corrected chi connectivity index (χ0v) is 25.6. The Morgan fingerprint density at radius 2 is 1.56 bits per heavy atom. The normalized spacial score (nSPS) is 16.3. The lowest BCUT2D eigenvalue weighted by Crippen LogP contribution is -2.83. The first-order valence-corrected chi connectivity index (χ1v) is 15.2. The van der Waals surface area contributed by atoms with E-state index in [1.54, 1.807) is 44.2 Å². The zero-order valence-electron chi connectivity index (χ0n) is 24.8. The van der Waals surface area contributed by atoms with Crippen LogP contribution in [0.25, 0.3) is 0 Å². The van der Waals surface area contributed by atoms with Crippen LogP contribution in [-0.2, 0) is 45.2 Å². The molecule has 0 aromatic heterocycles. The third kappa shape index (κ3) is 6.29. The molecule has 0 spiro atoms. The summed E-state index contributed by atoms with van der Waals surface area (Å²) in [5.41, 5.74) is 18.4. The number of amides is 2. The van der Waals surface area contributed by atoms with E-state index in [1.807, 2.05) is 0 Å². The predicted molar refractivity (Wildman–Crippen MR) is 159 cm³/mol. The Morgan fingerprint density at radius 1 is 0.956 bits per heavy atom. The number of aliphatic imine (C=N–C) groups is 1. The first-order valence-electron chi connectivity index (χ1n) is 13.7. The number of ketones is 1. The summed E-state index contributed by atoms with van der Waals surface area (Å²) in [6, 6.07) is 6.35. The number of hydrogen-bond acceptors (Lipinski definition) is 10. The number of carboxylic acid groups (broad SMARTS) is 2. The highest BCUT2D eigenvalue weighted by atomic mass is 32.2. The van der Waals surface area contributed by atoms with Crippen molar-refractivity contribution in [2.24, 2.45) is 22.2 Å². The molecule has 3 rings (SSSR count). The van der Waals surface area contributed by atoms with Crippen LogP contribution in [0.5, 0.6) is 0 Å². The summed E-state index contributed by atoms with van der Waals surface area (Å²) >= 11 is 0. The highest BCUT2D eigenvalue weighted by Crippen LogP contribution is 2.42. The number of ether oxygens (including phenoxy) is 1. The lowest BCUT2D eigenvalue weighted by Gasteiger charge is -2.47. The van der Waals surface area contributed by atoms with Crippen LogP contribution in [-0.4, -0.2) is 88.5 Å². The van der Waals surface area contributed by atoms with E-state index in [0.717, 1.165) is 6.07 Å². The highest BCUT2D eigenvalue weighted by Gasteiger charge is 2.77. The van der Waals surface area contributed by atoms with Gasteiger partial charge >= 0.3 is 11.9 Å². The maximum Gasteiger partial charge on any atom is 0.335 e. The van der Waals surface area contributed by atoms with Crippen molar-refractivity contribution in [3.63, 3.8) is 0 Å². The Morgan fingerprint density at radius 3 is 2.09 bits per heavy atom. The number of aliphatic carboxylic acids is 2. The summed E-state index contributed by atoms with van der Waals surface area (Å²) in [6.07, 6.45) is -2.52. The Balaban J connectivity index is 2.13. The van der Waals surface area contributed by atoms with Gasteiger partial charge in [0.05, 0.1) is 17.5 Å². The van der Waals surface area contributed by atoms with Gasteiger partial charge in [0.2, 0.25) is 9.84 Å². The molecule has 45 heavy (non-hydrogen) atoms. The molecule has 0 saturated carbocycles. The number of imide groups is 1. The molecule has 16 heteroatoms. The standard InChI is InChI=1S/C29H35N5O10S/c1-15-11-12-20(17(3)16(15)2)45(42,43)29(23(35)19(30)10-7-13-33-28(31)32)26(40)34(27(29)41)21(24(36)37)22(25(38)39)44-14-18-8-5-4-6-9-18/h4-6,8-9,11-12,19,21-22H,7,10,13-14,30H2,1-3H3,(H,36,37)(H,38,39)(H4,31,32,33)/t19-,21-,22?/m0/s1. The van der Waals surface area contributed by atoms with Crippen molar-refractivity contribution in [1.29, 1.82) is 0 Å². The van der Waals surface area contributed by atoms with Gasteiger partial charge in [-0.1, -0.05) is 36.4 Å². The summed E-state index contributed by atoms with van der Waals surface area (Å²) in [7, 11) is -5.23. The molecule has 0 aliphatic carbocycles. The fourth-order valence-corrected chi connectivity index (χ4v) is 7.23. The molecular weight excluding hydrogens is 610 g/mol. The number of carbonyl (C=O) groups is 5. The minimum atomic E-state index is -5.23. The van der Waals surface area contributed by atoms with Crippen molar-refractivity contribution < 1.29 is 47.3 Å². The third-order valence-corrected chi connectivity index (χ3v) is 10.1. The number of nitrogens with two attached hydrogens (primary N) is 3. The molecule has 0 radical (unpaired) electrons. The Bertz CT molecular complexity index is 1640. The zero-order chi connectivity index (χ0) is 33.9. The molecule has 1 heterocycles. The van der Waals surface area contributed by atoms with Gasteiger partial charge in [-0.15, -0.1) is 0 Å². The second-order valence-corrected chi connectivity index (χ2v) is 12.6. The van der Waals surface area contributed by atoms with Crippen LogP contribution in [0.3, 0.4) is 0 Å². The maximum absolute atomic E-state index is 14.3. The van der Waals surface area contributed by atoms with Gasteiger partial charge in [-0.05, 0) is 61.9 Å². The van der Waals surface area contributed by atoms with Crippen molar-refractivity contribution in [2.45, 2.75) is 68.0 Å². The molecule has 1 unspecified atom stereocenters. The van der Waals surface area contributed by atoms with Gasteiger partial charge in [0, 0.05) is 6.54 Å². The molecule has 1 aliphatic heterocycles. The minimum absolute atomic E-state index is 0.00647. The van der Waals surface area contributed by atoms with E-state index in [-0.39, 0.29) is 35.8 Å². The van der Waals surface area contributed by atoms with Crippen LogP contribution in [0.1, 0.15) is 35.1 Å². The molecule has 2 amide bonds. The fourth-order valence-electron chi connectivity index (χ4n) is 5.03. The van der Waals surface area contributed by atoms with Crippen molar-refractivity contribution in [3.8, 4) is 0 Å². The molecule has 1 saturated heterocycles. The van der Waals surface area contributed by atoms with Gasteiger partial charge in [-0.25, -0.2) is 18.0 Å². The Kier molecular flexibility index (Phi) is 10.5. The number of aryl methyl sites for hydroxylation is 1. The minimum Gasteiger partial charge on any atom is -0.480 e. The van der Waals surface area contributed by atoms with Crippen LogP contribution in [0.15, 0.2) is 52.4 Å². The average molecular weight is 646 g/mol. The largest absolute Gasteiger partial charge is 0.480 e. The van der Waals surface area contributed by atoms with Crippen LogP contribution in [0.2, 0.25) is 0 Å². The molecular formula is C29H35N5O10S. The number of guanidine groups is 1. The molecule has 2 aromatic carbocycles. The SMILES string of the molecule is Cc1ccc(S(=O)(=O)C2(C(=O)[C@@H](N)CCCN=C(N)N)C(=O)N([C@H](C(=O)O)C(OCc3ccccc3)C(=O)O)C2=O)c(C)c1C. The van der Waals surface area contributed by atoms with Crippen molar-refractivity contribution in [1.82, 2.24) is 4.90 Å². The second kappa shape index (κ2) is 13.5. The molecule has 8 N–H and O–H groups in total. The molecule has 1 fully saturated rings. The first kappa shape index (κ1) is 34.8. The average Bonchev–Trinajstić information content (AvgIpc) is 2.97. The van der Waals surface area contributed by atoms with Gasteiger partial charge in [-0.2, -0.15) is 0 Å². The monoisotopic (exact) mass is 645 g/mol. The van der Waals surface area contributed by atoms with Crippen LogP contribution in [0.4, 0.5) is 0 Å². The summed E-state index contributed by atoms with van der Waals surface area (Å²) < 4.78 is 30.4. The van der Waals surface area contributed by atoms with E-state index < -0.39 is 73.8 Å². The molecule has 0 bridgehead atoms. The number of sulfone groups is 1. The quantitative estimate of drug-likeness (QED) is 0.0542. The predicted octanol–water partition coefficient (Wildman–Crippen LogP) is -0.434. The number of benzene rings is 2. The van der Waals surface area contributed by atoms with Gasteiger partial charge in [-0.3, -0.25) is 24.3 Å². The Hall–Kier alpha value is -4.67. The van der Waals surface area contributed by atoms with Crippen molar-refractivity contribution in [3.05, 3.63) is 64.7 Å². The van der Waals surface area contributed by atoms with Crippen LogP contribution in [0, 0.1) is 20.8 Å². The fraction of sp³-hybridized carbons (Fsp3) is 0.379. The third-order valence-electron chi connectivity index (χ3n) is 7.73.